The Labute approximate surface area is 108 Å². The Bertz CT molecular complexity index is 395. The van der Waals surface area contributed by atoms with Crippen molar-refractivity contribution in [2.24, 2.45) is 5.41 Å². The van der Waals surface area contributed by atoms with Gasteiger partial charge >= 0.3 is 0 Å². The predicted molar refractivity (Wildman–Crippen MR) is 71.3 cm³/mol. The van der Waals surface area contributed by atoms with Crippen molar-refractivity contribution in [2.75, 3.05) is 18.5 Å². The highest BCUT2D eigenvalue weighted by Crippen LogP contribution is 2.35. The Kier molecular flexibility index (Phi) is 4.00. The number of carbonyl (C=O) groups is 1. The summed E-state index contributed by atoms with van der Waals surface area (Å²) in [4.78, 5) is 13.5. The fourth-order valence-electron chi connectivity index (χ4n) is 2.83. The second-order valence-electron chi connectivity index (χ2n) is 5.37. The van der Waals surface area contributed by atoms with Gasteiger partial charge in [-0.05, 0) is 37.1 Å². The summed E-state index contributed by atoms with van der Waals surface area (Å²) in [6, 6.07) is 6.44. The van der Waals surface area contributed by atoms with E-state index >= 15 is 0 Å². The second-order valence-corrected chi connectivity index (χ2v) is 5.37. The zero-order valence-corrected chi connectivity index (χ0v) is 10.9. The zero-order valence-electron chi connectivity index (χ0n) is 10.9. The van der Waals surface area contributed by atoms with Crippen molar-refractivity contribution in [3.63, 3.8) is 0 Å². The van der Waals surface area contributed by atoms with E-state index in [2.05, 4.69) is 4.90 Å². The molecular weight excluding hydrogens is 229 g/mol. The Morgan fingerprint density at radius 3 is 2.39 bits per heavy atom. The topological polar surface area (TPSA) is 20.3 Å². The van der Waals surface area contributed by atoms with E-state index in [0.29, 0.717) is 0 Å². The smallest absolute Gasteiger partial charge is 0.127 e. The van der Waals surface area contributed by atoms with E-state index in [-0.39, 0.29) is 11.2 Å². The van der Waals surface area contributed by atoms with Gasteiger partial charge in [0.25, 0.3) is 0 Å². The number of aldehydes is 1. The average molecular weight is 249 g/mol. The minimum absolute atomic E-state index is 0.207. The van der Waals surface area contributed by atoms with E-state index < -0.39 is 0 Å². The third-order valence-corrected chi connectivity index (χ3v) is 3.92. The van der Waals surface area contributed by atoms with Gasteiger partial charge in [-0.2, -0.15) is 0 Å². The van der Waals surface area contributed by atoms with Gasteiger partial charge in [0.1, 0.15) is 12.1 Å². The normalized spacial score (nSPS) is 18.3. The molecule has 1 aliphatic carbocycles. The van der Waals surface area contributed by atoms with Crippen LogP contribution in [-0.4, -0.2) is 19.9 Å². The molecule has 3 heteroatoms. The molecule has 1 fully saturated rings. The van der Waals surface area contributed by atoms with Gasteiger partial charge in [-0.1, -0.05) is 19.3 Å². The quantitative estimate of drug-likeness (QED) is 0.762. The maximum absolute atomic E-state index is 12.9. The standard InChI is InChI=1S/C15H20FNO/c1-17(14-7-5-13(16)6-8-14)11-15(12-18)9-3-2-4-10-15/h5-8,12H,2-4,9-11H2,1H3. The molecule has 1 aliphatic rings. The molecule has 1 aromatic rings. The first-order chi connectivity index (χ1) is 8.65. The maximum atomic E-state index is 12.9. The fraction of sp³-hybridized carbons (Fsp3) is 0.533. The van der Waals surface area contributed by atoms with E-state index in [0.717, 1.165) is 44.2 Å². The summed E-state index contributed by atoms with van der Waals surface area (Å²) in [6.07, 6.45) is 6.58. The number of carbonyl (C=O) groups excluding carboxylic acids is 1. The van der Waals surface area contributed by atoms with Gasteiger partial charge in [0.15, 0.2) is 0 Å². The first kappa shape index (κ1) is 13.1. The lowest BCUT2D eigenvalue weighted by molar-refractivity contribution is -0.117. The van der Waals surface area contributed by atoms with Crippen molar-refractivity contribution in [3.05, 3.63) is 30.1 Å². The molecule has 0 radical (unpaired) electrons. The fourth-order valence-corrected chi connectivity index (χ4v) is 2.83. The predicted octanol–water partition coefficient (Wildman–Crippen LogP) is 3.41. The molecule has 0 N–H and O–H groups in total. The van der Waals surface area contributed by atoms with Crippen LogP contribution >= 0.6 is 0 Å². The second kappa shape index (κ2) is 5.51. The Balaban J connectivity index is 2.07. The van der Waals surface area contributed by atoms with Gasteiger partial charge in [0.05, 0.1) is 0 Å². The van der Waals surface area contributed by atoms with Crippen LogP contribution in [0, 0.1) is 11.2 Å². The number of halogens is 1. The Morgan fingerprint density at radius 1 is 1.22 bits per heavy atom. The molecule has 2 nitrogen and oxygen atoms in total. The van der Waals surface area contributed by atoms with E-state index in [1.54, 1.807) is 12.1 Å². The third kappa shape index (κ3) is 2.89. The van der Waals surface area contributed by atoms with Crippen molar-refractivity contribution in [2.45, 2.75) is 32.1 Å². The highest BCUT2D eigenvalue weighted by Gasteiger charge is 2.32. The third-order valence-electron chi connectivity index (χ3n) is 3.92. The van der Waals surface area contributed by atoms with Gasteiger partial charge in [0, 0.05) is 24.7 Å². The maximum Gasteiger partial charge on any atom is 0.127 e. The summed E-state index contributed by atoms with van der Waals surface area (Å²) < 4.78 is 12.9. The van der Waals surface area contributed by atoms with Crippen LogP contribution in [0.25, 0.3) is 0 Å². The van der Waals surface area contributed by atoms with E-state index in [1.165, 1.54) is 18.6 Å². The molecule has 0 amide bonds. The molecule has 0 heterocycles. The number of hydrogen-bond donors (Lipinski definition) is 0. The highest BCUT2D eigenvalue weighted by atomic mass is 19.1. The molecule has 0 spiro atoms. The lowest BCUT2D eigenvalue weighted by Crippen LogP contribution is -2.38. The summed E-state index contributed by atoms with van der Waals surface area (Å²) >= 11 is 0. The average Bonchev–Trinajstić information content (AvgIpc) is 2.40. The van der Waals surface area contributed by atoms with E-state index in [4.69, 9.17) is 0 Å². The van der Waals surface area contributed by atoms with Crippen LogP contribution in [-0.2, 0) is 4.79 Å². The lowest BCUT2D eigenvalue weighted by Gasteiger charge is -2.36. The van der Waals surface area contributed by atoms with Crippen molar-refractivity contribution < 1.29 is 9.18 Å². The molecule has 0 aromatic heterocycles. The minimum atomic E-state index is -0.227. The van der Waals surface area contributed by atoms with Crippen molar-refractivity contribution in [1.29, 1.82) is 0 Å². The SMILES string of the molecule is CN(CC1(C=O)CCCCC1)c1ccc(F)cc1. The van der Waals surface area contributed by atoms with Gasteiger partial charge in [-0.15, -0.1) is 0 Å². The minimum Gasteiger partial charge on any atom is -0.374 e. The van der Waals surface area contributed by atoms with Gasteiger partial charge in [-0.25, -0.2) is 4.39 Å². The number of benzene rings is 1. The van der Waals surface area contributed by atoms with Crippen molar-refractivity contribution in [3.8, 4) is 0 Å². The number of nitrogens with zero attached hydrogens (tertiary/aromatic N) is 1. The number of anilines is 1. The lowest BCUT2D eigenvalue weighted by atomic mass is 9.75. The molecule has 18 heavy (non-hydrogen) atoms. The van der Waals surface area contributed by atoms with Crippen LogP contribution in [0.15, 0.2) is 24.3 Å². The summed E-state index contributed by atoms with van der Waals surface area (Å²) in [5, 5.41) is 0. The van der Waals surface area contributed by atoms with Crippen LogP contribution in [0.1, 0.15) is 32.1 Å². The molecular formula is C15H20FNO. The molecule has 98 valence electrons. The Morgan fingerprint density at radius 2 is 1.83 bits per heavy atom. The number of rotatable bonds is 4. The number of hydrogen-bond acceptors (Lipinski definition) is 2. The zero-order chi connectivity index (χ0) is 13.0. The van der Waals surface area contributed by atoms with Crippen LogP contribution in [0.4, 0.5) is 10.1 Å². The molecule has 0 bridgehead atoms. The van der Waals surface area contributed by atoms with Crippen molar-refractivity contribution in [1.82, 2.24) is 0 Å². The van der Waals surface area contributed by atoms with Crippen molar-refractivity contribution >= 4 is 12.0 Å². The highest BCUT2D eigenvalue weighted by molar-refractivity contribution is 5.61. The first-order valence-electron chi connectivity index (χ1n) is 6.58. The molecule has 2 rings (SSSR count). The van der Waals surface area contributed by atoms with E-state index in [1.807, 2.05) is 7.05 Å². The van der Waals surface area contributed by atoms with E-state index in [9.17, 15) is 9.18 Å². The monoisotopic (exact) mass is 249 g/mol. The van der Waals surface area contributed by atoms with Crippen LogP contribution in [0.3, 0.4) is 0 Å². The molecule has 0 atom stereocenters. The van der Waals surface area contributed by atoms with Gasteiger partial charge < -0.3 is 9.69 Å². The summed E-state index contributed by atoms with van der Waals surface area (Å²) in [5.41, 5.74) is 0.754. The summed E-state index contributed by atoms with van der Waals surface area (Å²) in [6.45, 7) is 0.724. The molecule has 0 aliphatic heterocycles. The summed E-state index contributed by atoms with van der Waals surface area (Å²) in [5.74, 6) is -0.227. The van der Waals surface area contributed by atoms with Crippen LogP contribution < -0.4 is 4.90 Å². The summed E-state index contributed by atoms with van der Waals surface area (Å²) in [7, 11) is 1.97. The van der Waals surface area contributed by atoms with Gasteiger partial charge in [-0.3, -0.25) is 0 Å². The molecule has 0 saturated heterocycles. The van der Waals surface area contributed by atoms with Crippen LogP contribution in [0.5, 0.6) is 0 Å². The van der Waals surface area contributed by atoms with Crippen LogP contribution in [0.2, 0.25) is 0 Å². The molecule has 0 unspecified atom stereocenters. The molecule has 1 aromatic carbocycles. The first-order valence-corrected chi connectivity index (χ1v) is 6.58. The largest absolute Gasteiger partial charge is 0.374 e. The van der Waals surface area contributed by atoms with Gasteiger partial charge in [0.2, 0.25) is 0 Å². The Hall–Kier alpha value is -1.38. The molecule has 1 saturated carbocycles.